The highest BCUT2D eigenvalue weighted by molar-refractivity contribution is 5.81. The first kappa shape index (κ1) is 10.2. The standard InChI is InChI=1S/C12H15FN2/c1-8(14)5-11-7-9-6-10(13)3-4-12(9)15(11)2/h3-4,6-8H,5,14H2,1-2H3. The summed E-state index contributed by atoms with van der Waals surface area (Å²) in [5.41, 5.74) is 7.95. The van der Waals surface area contributed by atoms with Crippen molar-refractivity contribution < 1.29 is 4.39 Å². The zero-order valence-corrected chi connectivity index (χ0v) is 9.00. The van der Waals surface area contributed by atoms with Crippen LogP contribution in [0.25, 0.3) is 10.9 Å². The Morgan fingerprint density at radius 2 is 2.13 bits per heavy atom. The second-order valence-corrected chi connectivity index (χ2v) is 4.08. The number of hydrogen-bond acceptors (Lipinski definition) is 1. The van der Waals surface area contributed by atoms with Crippen molar-refractivity contribution in [3.63, 3.8) is 0 Å². The summed E-state index contributed by atoms with van der Waals surface area (Å²) >= 11 is 0. The number of aryl methyl sites for hydroxylation is 1. The number of nitrogens with zero attached hydrogens (tertiary/aromatic N) is 1. The van der Waals surface area contributed by atoms with Crippen LogP contribution in [0.5, 0.6) is 0 Å². The van der Waals surface area contributed by atoms with E-state index in [1.54, 1.807) is 12.1 Å². The number of fused-ring (bicyclic) bond motifs is 1. The highest BCUT2D eigenvalue weighted by Gasteiger charge is 2.07. The van der Waals surface area contributed by atoms with Gasteiger partial charge in [0.15, 0.2) is 0 Å². The molecule has 0 bridgehead atoms. The molecule has 0 saturated carbocycles. The first-order chi connectivity index (χ1) is 7.08. The molecule has 0 fully saturated rings. The van der Waals surface area contributed by atoms with Crippen molar-refractivity contribution in [2.45, 2.75) is 19.4 Å². The van der Waals surface area contributed by atoms with Gasteiger partial charge in [0.25, 0.3) is 0 Å². The Kier molecular flexibility index (Phi) is 2.49. The molecule has 0 aliphatic rings. The third kappa shape index (κ3) is 1.88. The van der Waals surface area contributed by atoms with Crippen molar-refractivity contribution >= 4 is 10.9 Å². The van der Waals surface area contributed by atoms with E-state index < -0.39 is 0 Å². The van der Waals surface area contributed by atoms with E-state index in [1.807, 2.05) is 20.0 Å². The van der Waals surface area contributed by atoms with Gasteiger partial charge in [-0.15, -0.1) is 0 Å². The maximum absolute atomic E-state index is 13.0. The van der Waals surface area contributed by atoms with Crippen LogP contribution < -0.4 is 5.73 Å². The van der Waals surface area contributed by atoms with Crippen LogP contribution in [-0.2, 0) is 13.5 Å². The second kappa shape index (κ2) is 3.66. The molecule has 1 unspecified atom stereocenters. The Morgan fingerprint density at radius 3 is 2.80 bits per heavy atom. The van der Waals surface area contributed by atoms with Crippen molar-refractivity contribution in [1.82, 2.24) is 4.57 Å². The largest absolute Gasteiger partial charge is 0.348 e. The van der Waals surface area contributed by atoms with E-state index in [1.165, 1.54) is 6.07 Å². The lowest BCUT2D eigenvalue weighted by molar-refractivity contribution is 0.629. The minimum Gasteiger partial charge on any atom is -0.348 e. The molecule has 1 heterocycles. The van der Waals surface area contributed by atoms with Crippen molar-refractivity contribution in [3.05, 3.63) is 35.8 Å². The van der Waals surface area contributed by atoms with E-state index in [0.717, 1.165) is 23.0 Å². The van der Waals surface area contributed by atoms with Crippen LogP contribution in [-0.4, -0.2) is 10.6 Å². The predicted octanol–water partition coefficient (Wildman–Crippen LogP) is 2.21. The molecule has 1 aromatic heterocycles. The van der Waals surface area contributed by atoms with Crippen LogP contribution in [0.15, 0.2) is 24.3 Å². The molecule has 80 valence electrons. The molecule has 1 aromatic carbocycles. The minimum atomic E-state index is -0.194. The minimum absolute atomic E-state index is 0.123. The molecule has 2 nitrogen and oxygen atoms in total. The molecule has 15 heavy (non-hydrogen) atoms. The van der Waals surface area contributed by atoms with Crippen LogP contribution >= 0.6 is 0 Å². The molecule has 0 spiro atoms. The van der Waals surface area contributed by atoms with E-state index in [2.05, 4.69) is 4.57 Å². The third-order valence-corrected chi connectivity index (χ3v) is 2.63. The van der Waals surface area contributed by atoms with Crippen molar-refractivity contribution in [3.8, 4) is 0 Å². The molecule has 2 aromatic rings. The normalized spacial score (nSPS) is 13.3. The molecule has 0 amide bonds. The van der Waals surface area contributed by atoms with Crippen LogP contribution in [0.4, 0.5) is 4.39 Å². The SMILES string of the molecule is CC(N)Cc1cc2cc(F)ccc2n1C. The Labute approximate surface area is 88.5 Å². The van der Waals surface area contributed by atoms with Crippen LogP contribution in [0.2, 0.25) is 0 Å². The molecule has 2 rings (SSSR count). The summed E-state index contributed by atoms with van der Waals surface area (Å²) in [6.07, 6.45) is 0.812. The summed E-state index contributed by atoms with van der Waals surface area (Å²) in [5.74, 6) is -0.194. The zero-order valence-electron chi connectivity index (χ0n) is 9.00. The predicted molar refractivity (Wildman–Crippen MR) is 60.2 cm³/mol. The smallest absolute Gasteiger partial charge is 0.123 e. The van der Waals surface area contributed by atoms with Gasteiger partial charge < -0.3 is 10.3 Å². The Balaban J connectivity index is 2.54. The maximum atomic E-state index is 13.0. The lowest BCUT2D eigenvalue weighted by Crippen LogP contribution is -2.19. The Hall–Kier alpha value is -1.35. The fourth-order valence-corrected chi connectivity index (χ4v) is 1.90. The molecule has 1 atom stereocenters. The van der Waals surface area contributed by atoms with Crippen molar-refractivity contribution in [2.24, 2.45) is 12.8 Å². The molecule has 0 aliphatic heterocycles. The Bertz CT molecular complexity index is 486. The number of halogens is 1. The summed E-state index contributed by atoms with van der Waals surface area (Å²) in [7, 11) is 1.98. The highest BCUT2D eigenvalue weighted by atomic mass is 19.1. The van der Waals surface area contributed by atoms with E-state index in [4.69, 9.17) is 5.73 Å². The van der Waals surface area contributed by atoms with Gasteiger partial charge in [0.05, 0.1) is 0 Å². The van der Waals surface area contributed by atoms with Crippen molar-refractivity contribution in [2.75, 3.05) is 0 Å². The van der Waals surface area contributed by atoms with Gasteiger partial charge in [-0.1, -0.05) is 0 Å². The lowest BCUT2D eigenvalue weighted by atomic mass is 10.2. The van der Waals surface area contributed by atoms with Gasteiger partial charge in [-0.05, 0) is 31.2 Å². The topological polar surface area (TPSA) is 30.9 Å². The average molecular weight is 206 g/mol. The van der Waals surface area contributed by atoms with Crippen LogP contribution in [0, 0.1) is 5.82 Å². The number of hydrogen-bond donors (Lipinski definition) is 1. The van der Waals surface area contributed by atoms with E-state index in [9.17, 15) is 4.39 Å². The average Bonchev–Trinajstić information content (AvgIpc) is 2.42. The summed E-state index contributed by atoms with van der Waals surface area (Å²) in [5, 5.41) is 0.938. The van der Waals surface area contributed by atoms with E-state index in [-0.39, 0.29) is 11.9 Å². The summed E-state index contributed by atoms with van der Waals surface area (Å²) < 4.78 is 15.1. The van der Waals surface area contributed by atoms with Gasteiger partial charge in [-0.25, -0.2) is 4.39 Å². The van der Waals surface area contributed by atoms with Crippen LogP contribution in [0.3, 0.4) is 0 Å². The second-order valence-electron chi connectivity index (χ2n) is 4.08. The molecular formula is C12H15FN2. The molecule has 0 radical (unpaired) electrons. The maximum Gasteiger partial charge on any atom is 0.123 e. The fourth-order valence-electron chi connectivity index (χ4n) is 1.90. The van der Waals surface area contributed by atoms with E-state index >= 15 is 0 Å². The summed E-state index contributed by atoms with van der Waals surface area (Å²) in [6.45, 7) is 1.97. The monoisotopic (exact) mass is 206 g/mol. The number of benzene rings is 1. The molecular weight excluding hydrogens is 191 g/mol. The molecule has 0 saturated heterocycles. The first-order valence-electron chi connectivity index (χ1n) is 5.07. The van der Waals surface area contributed by atoms with Gasteiger partial charge in [0.1, 0.15) is 5.82 Å². The lowest BCUT2D eigenvalue weighted by Gasteiger charge is -2.06. The highest BCUT2D eigenvalue weighted by Crippen LogP contribution is 2.20. The number of aromatic nitrogens is 1. The first-order valence-corrected chi connectivity index (χ1v) is 5.07. The van der Waals surface area contributed by atoms with Gasteiger partial charge in [0.2, 0.25) is 0 Å². The van der Waals surface area contributed by atoms with Gasteiger partial charge in [0, 0.05) is 36.1 Å². The van der Waals surface area contributed by atoms with Gasteiger partial charge >= 0.3 is 0 Å². The number of rotatable bonds is 2. The van der Waals surface area contributed by atoms with E-state index in [0.29, 0.717) is 0 Å². The number of nitrogens with two attached hydrogens (primary N) is 1. The van der Waals surface area contributed by atoms with Crippen LogP contribution in [0.1, 0.15) is 12.6 Å². The Morgan fingerprint density at radius 1 is 1.40 bits per heavy atom. The molecule has 0 aliphatic carbocycles. The molecule has 2 N–H and O–H groups in total. The summed E-state index contributed by atoms with van der Waals surface area (Å²) in [6, 6.07) is 6.97. The van der Waals surface area contributed by atoms with Gasteiger partial charge in [-0.3, -0.25) is 0 Å². The van der Waals surface area contributed by atoms with Crippen molar-refractivity contribution in [1.29, 1.82) is 0 Å². The zero-order chi connectivity index (χ0) is 11.0. The molecule has 3 heteroatoms. The fraction of sp³-hybridized carbons (Fsp3) is 0.333. The van der Waals surface area contributed by atoms with Gasteiger partial charge in [-0.2, -0.15) is 0 Å². The summed E-state index contributed by atoms with van der Waals surface area (Å²) in [4.78, 5) is 0. The third-order valence-electron chi connectivity index (χ3n) is 2.63. The quantitative estimate of drug-likeness (QED) is 0.802.